The normalized spacial score (nSPS) is 32.1. The van der Waals surface area contributed by atoms with Crippen molar-refractivity contribution in [2.75, 3.05) is 25.5 Å². The zero-order valence-corrected chi connectivity index (χ0v) is 15.9. The third-order valence-electron chi connectivity index (χ3n) is 6.48. The quantitative estimate of drug-likeness (QED) is 0.704. The highest BCUT2D eigenvalue weighted by atomic mass is 19.1. The first-order valence-electron chi connectivity index (χ1n) is 10.1. The minimum atomic E-state index is -0.386. The third kappa shape index (κ3) is 4.32. The summed E-state index contributed by atoms with van der Waals surface area (Å²) in [6, 6.07) is 5.82. The molecule has 3 N–H and O–H groups in total. The van der Waals surface area contributed by atoms with Gasteiger partial charge in [0.1, 0.15) is 5.82 Å². The van der Waals surface area contributed by atoms with Gasteiger partial charge >= 0.3 is 0 Å². The highest BCUT2D eigenvalue weighted by Gasteiger charge is 2.51. The van der Waals surface area contributed by atoms with Gasteiger partial charge in [0.25, 0.3) is 11.8 Å². The van der Waals surface area contributed by atoms with Crippen LogP contribution < -0.4 is 15.5 Å². The van der Waals surface area contributed by atoms with E-state index >= 15 is 0 Å². The lowest BCUT2D eigenvalue weighted by Gasteiger charge is -2.56. The molecule has 1 atom stereocenters. The van der Waals surface area contributed by atoms with Crippen LogP contribution >= 0.6 is 0 Å². The Morgan fingerprint density at radius 1 is 1.07 bits per heavy atom. The molecule has 0 saturated heterocycles. The second-order valence-electron chi connectivity index (χ2n) is 9.12. The van der Waals surface area contributed by atoms with Crippen molar-refractivity contribution in [3.8, 4) is 0 Å². The topological polar surface area (TPSA) is 62.6 Å². The molecule has 4 aliphatic rings. The van der Waals surface area contributed by atoms with Crippen molar-refractivity contribution in [1.29, 1.82) is 0 Å². The van der Waals surface area contributed by atoms with Gasteiger partial charge in [0.2, 0.25) is 0 Å². The van der Waals surface area contributed by atoms with E-state index in [9.17, 15) is 14.0 Å². The van der Waals surface area contributed by atoms with Crippen molar-refractivity contribution in [1.82, 2.24) is 5.32 Å². The number of rotatable bonds is 6. The fourth-order valence-electron chi connectivity index (χ4n) is 5.99. The standard InChI is InChI=1S/C21H28FN3O2/c1-25(12-19(26)23-18-4-2-3-17(22)8-18)13-20(27)24-21-9-14-5-15(10-21)7-16(6-14)11-21/h2-4,8,14-16H,5-7,9-13H2,1H3,(H,23,26)(H,24,27)/p+1. The van der Waals surface area contributed by atoms with E-state index in [4.69, 9.17) is 0 Å². The molecule has 6 heteroatoms. The van der Waals surface area contributed by atoms with Crippen LogP contribution in [-0.4, -0.2) is 37.5 Å². The first-order chi connectivity index (χ1) is 12.9. The second kappa shape index (κ2) is 7.23. The summed E-state index contributed by atoms with van der Waals surface area (Å²) in [4.78, 5) is 25.6. The molecule has 27 heavy (non-hydrogen) atoms. The van der Waals surface area contributed by atoms with E-state index in [1.54, 1.807) is 12.1 Å². The number of amides is 2. The molecule has 1 unspecified atom stereocenters. The Kier molecular flexibility index (Phi) is 4.93. The fraction of sp³-hybridized carbons (Fsp3) is 0.619. The van der Waals surface area contributed by atoms with Crippen LogP contribution in [0.25, 0.3) is 0 Å². The lowest BCUT2D eigenvalue weighted by molar-refractivity contribution is -0.862. The molecule has 0 aliphatic heterocycles. The zero-order chi connectivity index (χ0) is 19.0. The number of quaternary nitrogens is 1. The fourth-order valence-corrected chi connectivity index (χ4v) is 5.99. The average molecular weight is 374 g/mol. The maximum atomic E-state index is 13.2. The van der Waals surface area contributed by atoms with Crippen molar-refractivity contribution >= 4 is 17.5 Å². The maximum Gasteiger partial charge on any atom is 0.279 e. The van der Waals surface area contributed by atoms with E-state index in [-0.39, 0.29) is 36.3 Å². The van der Waals surface area contributed by atoms with Crippen molar-refractivity contribution < 1.29 is 18.9 Å². The number of halogens is 1. The molecular weight excluding hydrogens is 345 g/mol. The highest BCUT2D eigenvalue weighted by Crippen LogP contribution is 2.55. The van der Waals surface area contributed by atoms with E-state index in [2.05, 4.69) is 10.6 Å². The Bertz CT molecular complexity index is 701. The van der Waals surface area contributed by atoms with Crippen LogP contribution in [0, 0.1) is 23.6 Å². The van der Waals surface area contributed by atoms with E-state index in [1.807, 2.05) is 7.05 Å². The average Bonchev–Trinajstić information content (AvgIpc) is 2.52. The summed E-state index contributed by atoms with van der Waals surface area (Å²) < 4.78 is 13.2. The lowest BCUT2D eigenvalue weighted by atomic mass is 9.53. The monoisotopic (exact) mass is 374 g/mol. The molecular formula is C21H29FN3O2+. The maximum absolute atomic E-state index is 13.2. The molecule has 0 radical (unpaired) electrons. The zero-order valence-electron chi connectivity index (χ0n) is 15.9. The van der Waals surface area contributed by atoms with Crippen LogP contribution in [-0.2, 0) is 9.59 Å². The van der Waals surface area contributed by atoms with Gasteiger partial charge in [-0.05, 0) is 74.5 Å². The number of carbonyl (C=O) groups is 2. The summed E-state index contributed by atoms with van der Waals surface area (Å²) in [5.41, 5.74) is 0.446. The number of hydrogen-bond donors (Lipinski definition) is 3. The van der Waals surface area contributed by atoms with Crippen LogP contribution in [0.5, 0.6) is 0 Å². The van der Waals surface area contributed by atoms with E-state index in [0.29, 0.717) is 5.69 Å². The molecule has 0 spiro atoms. The number of hydrogen-bond acceptors (Lipinski definition) is 2. The number of benzene rings is 1. The van der Waals surface area contributed by atoms with E-state index in [1.165, 1.54) is 31.4 Å². The van der Waals surface area contributed by atoms with Crippen molar-refractivity contribution in [2.24, 2.45) is 17.8 Å². The lowest BCUT2D eigenvalue weighted by Crippen LogP contribution is -3.11. The van der Waals surface area contributed by atoms with Crippen LogP contribution in [0.3, 0.4) is 0 Å². The second-order valence-corrected chi connectivity index (χ2v) is 9.12. The molecule has 0 aromatic heterocycles. The van der Waals surface area contributed by atoms with Crippen molar-refractivity contribution in [2.45, 2.75) is 44.1 Å². The third-order valence-corrected chi connectivity index (χ3v) is 6.48. The first kappa shape index (κ1) is 18.4. The molecule has 4 aliphatic carbocycles. The van der Waals surface area contributed by atoms with E-state index in [0.717, 1.165) is 41.9 Å². The van der Waals surface area contributed by atoms with Gasteiger partial charge in [0, 0.05) is 11.2 Å². The van der Waals surface area contributed by atoms with Gasteiger partial charge < -0.3 is 15.5 Å². The van der Waals surface area contributed by atoms with Crippen LogP contribution in [0.2, 0.25) is 0 Å². The molecule has 2 amide bonds. The molecule has 0 heterocycles. The number of anilines is 1. The molecule has 146 valence electrons. The van der Waals surface area contributed by atoms with E-state index < -0.39 is 0 Å². The molecule has 4 bridgehead atoms. The summed E-state index contributed by atoms with van der Waals surface area (Å²) in [6.45, 7) is 0.448. The summed E-state index contributed by atoms with van der Waals surface area (Å²) in [7, 11) is 1.84. The molecule has 5 nitrogen and oxygen atoms in total. The smallest absolute Gasteiger partial charge is 0.279 e. The summed E-state index contributed by atoms with van der Waals surface area (Å²) >= 11 is 0. The first-order valence-corrected chi connectivity index (χ1v) is 10.1. The van der Waals surface area contributed by atoms with Crippen LogP contribution in [0.4, 0.5) is 10.1 Å². The Morgan fingerprint density at radius 2 is 1.67 bits per heavy atom. The van der Waals surface area contributed by atoms with Gasteiger partial charge in [0.15, 0.2) is 13.1 Å². The molecule has 4 fully saturated rings. The number of nitrogens with one attached hydrogen (secondary N) is 3. The molecule has 4 saturated carbocycles. The van der Waals surface area contributed by atoms with Gasteiger partial charge in [-0.2, -0.15) is 0 Å². The van der Waals surface area contributed by atoms with Gasteiger partial charge in [-0.15, -0.1) is 0 Å². The number of carbonyl (C=O) groups excluding carboxylic acids is 2. The Hall–Kier alpha value is -1.95. The Labute approximate surface area is 159 Å². The van der Waals surface area contributed by atoms with Crippen LogP contribution in [0.1, 0.15) is 38.5 Å². The molecule has 1 aromatic carbocycles. The summed E-state index contributed by atoms with van der Waals surface area (Å²) in [6.07, 6.45) is 7.43. The minimum Gasteiger partial charge on any atom is -0.346 e. The van der Waals surface area contributed by atoms with Gasteiger partial charge in [0.05, 0.1) is 7.05 Å². The van der Waals surface area contributed by atoms with Crippen molar-refractivity contribution in [3.63, 3.8) is 0 Å². The molecule has 1 aromatic rings. The largest absolute Gasteiger partial charge is 0.346 e. The predicted molar refractivity (Wildman–Crippen MR) is 101 cm³/mol. The molecule has 5 rings (SSSR count). The van der Waals surface area contributed by atoms with Gasteiger partial charge in [-0.3, -0.25) is 9.59 Å². The van der Waals surface area contributed by atoms with Crippen molar-refractivity contribution in [3.05, 3.63) is 30.1 Å². The Balaban J connectivity index is 1.26. The highest BCUT2D eigenvalue weighted by molar-refractivity contribution is 5.91. The summed E-state index contributed by atoms with van der Waals surface area (Å²) in [5.74, 6) is 1.80. The Morgan fingerprint density at radius 3 is 2.26 bits per heavy atom. The SMILES string of the molecule is C[NH+](CC(=O)Nc1cccc(F)c1)CC(=O)NC12CC3CC(CC(C3)C1)C2. The van der Waals surface area contributed by atoms with Gasteiger partial charge in [-0.1, -0.05) is 6.07 Å². The summed E-state index contributed by atoms with van der Waals surface area (Å²) in [5, 5.41) is 6.03. The van der Waals surface area contributed by atoms with Gasteiger partial charge in [-0.25, -0.2) is 4.39 Å². The predicted octanol–water partition coefficient (Wildman–Crippen LogP) is 1.36. The minimum absolute atomic E-state index is 0.00986. The number of likely N-dealkylation sites (N-methyl/N-ethyl adjacent to an activating group) is 1. The van der Waals surface area contributed by atoms with Crippen LogP contribution in [0.15, 0.2) is 24.3 Å².